The molecule has 0 aliphatic carbocycles. The van der Waals surface area contributed by atoms with Crippen molar-refractivity contribution >= 4 is 16.7 Å². The van der Waals surface area contributed by atoms with Crippen LogP contribution < -0.4 is 0 Å². The van der Waals surface area contributed by atoms with Gasteiger partial charge in [0.1, 0.15) is 11.9 Å². The molecule has 0 amide bonds. The Morgan fingerprint density at radius 1 is 1.10 bits per heavy atom. The summed E-state index contributed by atoms with van der Waals surface area (Å²) in [5.41, 5.74) is 1.02. The van der Waals surface area contributed by atoms with Crippen LogP contribution in [0.25, 0.3) is 10.8 Å². The zero-order chi connectivity index (χ0) is 14.1. The highest BCUT2D eigenvalue weighted by atomic mass is 16.6. The van der Waals surface area contributed by atoms with Crippen molar-refractivity contribution in [2.75, 3.05) is 7.11 Å². The monoisotopic (exact) mass is 268 g/mol. The van der Waals surface area contributed by atoms with Gasteiger partial charge in [0.2, 0.25) is 0 Å². The van der Waals surface area contributed by atoms with Crippen molar-refractivity contribution in [2.24, 2.45) is 5.92 Å². The number of cyclic esters (lactones) is 1. The Morgan fingerprint density at radius 2 is 1.85 bits per heavy atom. The van der Waals surface area contributed by atoms with Gasteiger partial charge in [-0.1, -0.05) is 49.4 Å². The average Bonchev–Trinajstić information content (AvgIpc) is 2.48. The Morgan fingerprint density at radius 3 is 2.65 bits per heavy atom. The molecule has 3 rings (SSSR count). The van der Waals surface area contributed by atoms with Crippen LogP contribution in [0.3, 0.4) is 0 Å². The lowest BCUT2D eigenvalue weighted by Crippen LogP contribution is -2.25. The first kappa shape index (κ1) is 12.7. The van der Waals surface area contributed by atoms with Crippen LogP contribution in [-0.4, -0.2) is 13.1 Å². The van der Waals surface area contributed by atoms with Crippen molar-refractivity contribution in [3.8, 4) is 0 Å². The number of hydrogen-bond donors (Lipinski definition) is 0. The summed E-state index contributed by atoms with van der Waals surface area (Å²) in [6, 6.07) is 14.2. The molecule has 0 aromatic heterocycles. The summed E-state index contributed by atoms with van der Waals surface area (Å²) in [6.45, 7) is 2.01. The van der Waals surface area contributed by atoms with Gasteiger partial charge in [-0.2, -0.15) is 0 Å². The third kappa shape index (κ3) is 2.05. The maximum atomic E-state index is 11.7. The second-order valence-electron chi connectivity index (χ2n) is 4.97. The number of carbonyl (C=O) groups is 1. The third-order valence-electron chi connectivity index (χ3n) is 3.77. The van der Waals surface area contributed by atoms with Gasteiger partial charge in [0.25, 0.3) is 0 Å². The molecule has 0 radical (unpaired) electrons. The molecule has 0 spiro atoms. The minimum Gasteiger partial charge on any atom is -0.500 e. The van der Waals surface area contributed by atoms with Crippen molar-refractivity contribution in [2.45, 2.75) is 13.0 Å². The Hall–Kier alpha value is -2.29. The molecule has 1 aliphatic heterocycles. The van der Waals surface area contributed by atoms with Crippen LogP contribution >= 0.6 is 0 Å². The van der Waals surface area contributed by atoms with Gasteiger partial charge < -0.3 is 9.47 Å². The summed E-state index contributed by atoms with van der Waals surface area (Å²) in [6.07, 6.45) is 1.11. The maximum Gasteiger partial charge on any atom is 0.334 e. The van der Waals surface area contributed by atoms with Crippen LogP contribution in [0.1, 0.15) is 18.6 Å². The normalized spacial score (nSPS) is 22.3. The quantitative estimate of drug-likeness (QED) is 0.781. The molecule has 0 fully saturated rings. The van der Waals surface area contributed by atoms with Gasteiger partial charge in [0.15, 0.2) is 0 Å². The Balaban J connectivity index is 2.11. The van der Waals surface area contributed by atoms with Crippen molar-refractivity contribution in [3.05, 3.63) is 59.9 Å². The summed E-state index contributed by atoms with van der Waals surface area (Å²) < 4.78 is 10.8. The molecule has 20 heavy (non-hydrogen) atoms. The van der Waals surface area contributed by atoms with Crippen LogP contribution in [-0.2, 0) is 14.3 Å². The fourth-order valence-corrected chi connectivity index (χ4v) is 2.73. The molecular formula is C17H16O3. The lowest BCUT2D eigenvalue weighted by Gasteiger charge is -2.29. The van der Waals surface area contributed by atoms with E-state index in [0.717, 1.165) is 16.3 Å². The van der Waals surface area contributed by atoms with Gasteiger partial charge in [-0.05, 0) is 10.8 Å². The van der Waals surface area contributed by atoms with Crippen molar-refractivity contribution in [1.29, 1.82) is 0 Å². The van der Waals surface area contributed by atoms with Gasteiger partial charge in [0, 0.05) is 5.56 Å². The summed E-state index contributed by atoms with van der Waals surface area (Å²) in [7, 11) is 1.58. The van der Waals surface area contributed by atoms with E-state index in [-0.39, 0.29) is 18.0 Å². The van der Waals surface area contributed by atoms with E-state index >= 15 is 0 Å². The number of carbonyl (C=O) groups excluding carboxylic acids is 1. The minimum atomic E-state index is -0.349. The van der Waals surface area contributed by atoms with Gasteiger partial charge >= 0.3 is 5.97 Å². The predicted octanol–water partition coefficient (Wildman–Crippen LogP) is 3.60. The molecule has 3 heteroatoms. The third-order valence-corrected chi connectivity index (χ3v) is 3.77. The number of ether oxygens (including phenoxy) is 2. The van der Waals surface area contributed by atoms with E-state index in [4.69, 9.17) is 9.47 Å². The molecule has 2 aromatic carbocycles. The van der Waals surface area contributed by atoms with Crippen LogP contribution in [0, 0.1) is 5.92 Å². The summed E-state index contributed by atoms with van der Waals surface area (Å²) in [5.74, 6) is 0.320. The zero-order valence-corrected chi connectivity index (χ0v) is 11.5. The van der Waals surface area contributed by atoms with Crippen molar-refractivity contribution in [3.63, 3.8) is 0 Å². The average molecular weight is 268 g/mol. The first-order chi connectivity index (χ1) is 9.70. The van der Waals surface area contributed by atoms with E-state index in [1.807, 2.05) is 31.2 Å². The first-order valence-corrected chi connectivity index (χ1v) is 6.64. The highest BCUT2D eigenvalue weighted by molar-refractivity contribution is 5.88. The summed E-state index contributed by atoms with van der Waals surface area (Å²) in [4.78, 5) is 11.7. The van der Waals surface area contributed by atoms with Gasteiger partial charge in [0.05, 0.1) is 19.1 Å². The largest absolute Gasteiger partial charge is 0.500 e. The topological polar surface area (TPSA) is 35.5 Å². The molecule has 2 aromatic rings. The maximum absolute atomic E-state index is 11.7. The molecular weight excluding hydrogens is 252 g/mol. The SMILES string of the molecule is COC1=CC(=O)O[C@H](c2cccc3ccccc23)[C@H]1C. The van der Waals surface area contributed by atoms with Gasteiger partial charge in [-0.3, -0.25) is 0 Å². The second kappa shape index (κ2) is 5.00. The van der Waals surface area contributed by atoms with Crippen molar-refractivity contribution < 1.29 is 14.3 Å². The molecule has 0 bridgehead atoms. The lowest BCUT2D eigenvalue weighted by atomic mass is 9.90. The number of methoxy groups -OCH3 is 1. The zero-order valence-electron chi connectivity index (χ0n) is 11.5. The number of fused-ring (bicyclic) bond motifs is 1. The molecule has 2 atom stereocenters. The van der Waals surface area contributed by atoms with Crippen LogP contribution in [0.15, 0.2) is 54.3 Å². The Bertz CT molecular complexity index is 682. The first-order valence-electron chi connectivity index (χ1n) is 6.64. The Kier molecular flexibility index (Phi) is 3.18. The summed E-state index contributed by atoms with van der Waals surface area (Å²) >= 11 is 0. The van der Waals surface area contributed by atoms with Gasteiger partial charge in [-0.15, -0.1) is 0 Å². The highest BCUT2D eigenvalue weighted by Crippen LogP contribution is 2.38. The van der Waals surface area contributed by atoms with E-state index < -0.39 is 0 Å². The lowest BCUT2D eigenvalue weighted by molar-refractivity contribution is -0.148. The minimum absolute atomic E-state index is 0.00325. The number of rotatable bonds is 2. The van der Waals surface area contributed by atoms with Gasteiger partial charge in [-0.25, -0.2) is 4.79 Å². The van der Waals surface area contributed by atoms with Crippen LogP contribution in [0.4, 0.5) is 0 Å². The van der Waals surface area contributed by atoms with E-state index in [0.29, 0.717) is 5.76 Å². The molecule has 0 N–H and O–H groups in total. The molecule has 3 nitrogen and oxygen atoms in total. The van der Waals surface area contributed by atoms with E-state index in [1.54, 1.807) is 7.11 Å². The molecule has 0 saturated heterocycles. The van der Waals surface area contributed by atoms with Crippen LogP contribution in [0.2, 0.25) is 0 Å². The fraction of sp³-hybridized carbons (Fsp3) is 0.235. The van der Waals surface area contributed by atoms with Crippen molar-refractivity contribution in [1.82, 2.24) is 0 Å². The predicted molar refractivity (Wildman–Crippen MR) is 77.0 cm³/mol. The van der Waals surface area contributed by atoms with Crippen LogP contribution in [0.5, 0.6) is 0 Å². The highest BCUT2D eigenvalue weighted by Gasteiger charge is 2.32. The van der Waals surface area contributed by atoms with E-state index in [1.165, 1.54) is 6.08 Å². The molecule has 102 valence electrons. The molecule has 0 saturated carbocycles. The Labute approximate surface area is 117 Å². The molecule has 1 heterocycles. The van der Waals surface area contributed by atoms with E-state index in [2.05, 4.69) is 18.2 Å². The number of benzene rings is 2. The number of hydrogen-bond acceptors (Lipinski definition) is 3. The number of esters is 1. The van der Waals surface area contributed by atoms with E-state index in [9.17, 15) is 4.79 Å². The molecule has 1 aliphatic rings. The smallest absolute Gasteiger partial charge is 0.334 e. The standard InChI is InChI=1S/C17H16O3/c1-11-15(19-2)10-16(18)20-17(11)14-9-5-7-12-6-3-4-8-13(12)14/h3-11,17H,1-2H3/t11-,17-/m0/s1. The second-order valence-corrected chi connectivity index (χ2v) is 4.97. The summed E-state index contributed by atoms with van der Waals surface area (Å²) in [5, 5.41) is 2.25. The fourth-order valence-electron chi connectivity index (χ4n) is 2.73. The molecule has 0 unspecified atom stereocenters.